The molecular weight excluding hydrogens is 364 g/mol. The van der Waals surface area contributed by atoms with Crippen molar-refractivity contribution in [3.63, 3.8) is 0 Å². The molecule has 0 saturated heterocycles. The van der Waals surface area contributed by atoms with Gasteiger partial charge in [-0.1, -0.05) is 60.7 Å². The highest BCUT2D eigenvalue weighted by molar-refractivity contribution is 5.75. The number of carbonyl (C=O) groups excluding carboxylic acids is 1. The first-order valence-corrected chi connectivity index (χ1v) is 9.74. The molecule has 29 heavy (non-hydrogen) atoms. The molecule has 3 rings (SSSR count). The summed E-state index contributed by atoms with van der Waals surface area (Å²) < 4.78 is 1.21. The molecule has 1 N–H and O–H groups in total. The lowest BCUT2D eigenvalue weighted by Gasteiger charge is -2.16. The van der Waals surface area contributed by atoms with Crippen LogP contribution in [0, 0.1) is 0 Å². The Morgan fingerprint density at radius 2 is 1.69 bits per heavy atom. The summed E-state index contributed by atoms with van der Waals surface area (Å²) in [6.45, 7) is 2.22. The van der Waals surface area contributed by atoms with Gasteiger partial charge < -0.3 is 10.2 Å². The van der Waals surface area contributed by atoms with Gasteiger partial charge in [0, 0.05) is 24.7 Å². The zero-order chi connectivity index (χ0) is 20.5. The molecule has 0 saturated carbocycles. The largest absolute Gasteiger partial charge is 0.354 e. The normalized spacial score (nSPS) is 10.8. The molecule has 0 spiro atoms. The fourth-order valence-electron chi connectivity index (χ4n) is 3.07. The molecule has 6 heteroatoms. The molecule has 6 nitrogen and oxygen atoms in total. The molecular formula is C23H26N4O2. The highest BCUT2D eigenvalue weighted by Gasteiger charge is 2.08. The summed E-state index contributed by atoms with van der Waals surface area (Å²) >= 11 is 0. The summed E-state index contributed by atoms with van der Waals surface area (Å²) in [4.78, 5) is 26.5. The van der Waals surface area contributed by atoms with Crippen LogP contribution in [0.3, 0.4) is 0 Å². The Bertz CT molecular complexity index is 971. The molecule has 0 aliphatic rings. The molecule has 0 atom stereocenters. The number of nitrogens with one attached hydrogen (secondary N) is 1. The molecule has 3 aromatic rings. The quantitative estimate of drug-likeness (QED) is 0.570. The number of rotatable bonds is 9. The van der Waals surface area contributed by atoms with Gasteiger partial charge in [-0.25, -0.2) is 4.68 Å². The maximum atomic E-state index is 12.2. The lowest BCUT2D eigenvalue weighted by Crippen LogP contribution is -2.34. The van der Waals surface area contributed by atoms with Gasteiger partial charge in [-0.15, -0.1) is 0 Å². The van der Waals surface area contributed by atoms with Crippen LogP contribution in [0.2, 0.25) is 0 Å². The number of aromatic nitrogens is 2. The van der Waals surface area contributed by atoms with Crippen molar-refractivity contribution in [2.24, 2.45) is 0 Å². The Morgan fingerprint density at radius 1 is 1.00 bits per heavy atom. The molecule has 0 radical (unpaired) electrons. The van der Waals surface area contributed by atoms with Gasteiger partial charge in [-0.2, -0.15) is 5.10 Å². The van der Waals surface area contributed by atoms with Crippen LogP contribution in [0.15, 0.2) is 77.6 Å². The van der Waals surface area contributed by atoms with E-state index in [1.54, 1.807) is 6.07 Å². The standard InChI is InChI=1S/C23H26N4O2/c1-26(17-19-9-4-2-5-10-19)16-8-15-24-22(28)18-27-23(29)14-13-21(25-27)20-11-6-3-7-12-20/h2-7,9-14H,8,15-18H2,1H3,(H,24,28). The SMILES string of the molecule is CN(CCCNC(=O)Cn1nc(-c2ccccc2)ccc1=O)Cc1ccccc1. The van der Waals surface area contributed by atoms with Gasteiger partial charge in [0.05, 0.1) is 5.69 Å². The van der Waals surface area contributed by atoms with Crippen LogP contribution in [0.5, 0.6) is 0 Å². The first-order chi connectivity index (χ1) is 14.1. The van der Waals surface area contributed by atoms with E-state index in [0.29, 0.717) is 12.2 Å². The molecule has 2 aromatic carbocycles. The van der Waals surface area contributed by atoms with Gasteiger partial charge in [0.25, 0.3) is 5.56 Å². The maximum Gasteiger partial charge on any atom is 0.267 e. The second kappa shape index (κ2) is 10.3. The van der Waals surface area contributed by atoms with Crippen molar-refractivity contribution in [1.82, 2.24) is 20.0 Å². The third-order valence-electron chi connectivity index (χ3n) is 4.56. The van der Waals surface area contributed by atoms with E-state index in [2.05, 4.69) is 34.5 Å². The van der Waals surface area contributed by atoms with Crippen LogP contribution in [0.25, 0.3) is 11.3 Å². The first-order valence-electron chi connectivity index (χ1n) is 9.74. The number of carbonyl (C=O) groups is 1. The van der Waals surface area contributed by atoms with E-state index in [0.717, 1.165) is 25.1 Å². The number of hydrogen-bond donors (Lipinski definition) is 1. The summed E-state index contributed by atoms with van der Waals surface area (Å²) in [5.41, 5.74) is 2.55. The third kappa shape index (κ3) is 6.40. The van der Waals surface area contributed by atoms with Crippen LogP contribution in [-0.2, 0) is 17.9 Å². The summed E-state index contributed by atoms with van der Waals surface area (Å²) in [5, 5.41) is 7.19. The van der Waals surface area contributed by atoms with E-state index >= 15 is 0 Å². The monoisotopic (exact) mass is 390 g/mol. The van der Waals surface area contributed by atoms with E-state index in [4.69, 9.17) is 0 Å². The fraction of sp³-hybridized carbons (Fsp3) is 0.261. The molecule has 0 fully saturated rings. The molecule has 0 unspecified atom stereocenters. The van der Waals surface area contributed by atoms with E-state index in [1.165, 1.54) is 16.3 Å². The molecule has 0 aliphatic heterocycles. The second-order valence-corrected chi connectivity index (χ2v) is 7.01. The van der Waals surface area contributed by atoms with Crippen molar-refractivity contribution >= 4 is 5.91 Å². The molecule has 1 aromatic heterocycles. The summed E-state index contributed by atoms with van der Waals surface area (Å²) in [6.07, 6.45) is 0.835. The van der Waals surface area contributed by atoms with Crippen LogP contribution < -0.4 is 10.9 Å². The number of hydrogen-bond acceptors (Lipinski definition) is 4. The predicted octanol–water partition coefficient (Wildman–Crippen LogP) is 2.55. The summed E-state index contributed by atoms with van der Waals surface area (Å²) in [6, 6.07) is 23.0. The van der Waals surface area contributed by atoms with Crippen LogP contribution in [-0.4, -0.2) is 40.7 Å². The van der Waals surface area contributed by atoms with Crippen molar-refractivity contribution in [2.45, 2.75) is 19.5 Å². The van der Waals surface area contributed by atoms with Gasteiger partial charge in [0.2, 0.25) is 5.91 Å². The first kappa shape index (κ1) is 20.5. The fourth-order valence-corrected chi connectivity index (χ4v) is 3.07. The predicted molar refractivity (Wildman–Crippen MR) is 114 cm³/mol. The van der Waals surface area contributed by atoms with Crippen molar-refractivity contribution in [2.75, 3.05) is 20.1 Å². The summed E-state index contributed by atoms with van der Waals surface area (Å²) in [7, 11) is 2.06. The molecule has 1 heterocycles. The van der Waals surface area contributed by atoms with Gasteiger partial charge >= 0.3 is 0 Å². The van der Waals surface area contributed by atoms with Crippen molar-refractivity contribution in [3.8, 4) is 11.3 Å². The van der Waals surface area contributed by atoms with Gasteiger partial charge in [0.1, 0.15) is 6.54 Å². The molecule has 150 valence electrons. The minimum atomic E-state index is -0.289. The topological polar surface area (TPSA) is 67.2 Å². The van der Waals surface area contributed by atoms with Gasteiger partial charge in [-0.3, -0.25) is 9.59 Å². The molecule has 0 aliphatic carbocycles. The van der Waals surface area contributed by atoms with Crippen molar-refractivity contribution < 1.29 is 4.79 Å². The second-order valence-electron chi connectivity index (χ2n) is 7.01. The van der Waals surface area contributed by atoms with Gasteiger partial charge in [-0.05, 0) is 31.6 Å². The van der Waals surface area contributed by atoms with Gasteiger partial charge in [0.15, 0.2) is 0 Å². The third-order valence-corrected chi connectivity index (χ3v) is 4.56. The van der Waals surface area contributed by atoms with Crippen molar-refractivity contribution in [1.29, 1.82) is 0 Å². The van der Waals surface area contributed by atoms with Crippen molar-refractivity contribution in [3.05, 3.63) is 88.7 Å². The van der Waals surface area contributed by atoms with E-state index in [1.807, 2.05) is 48.5 Å². The smallest absolute Gasteiger partial charge is 0.267 e. The Balaban J connectivity index is 1.45. The lowest BCUT2D eigenvalue weighted by atomic mass is 10.1. The number of benzene rings is 2. The molecule has 1 amide bonds. The van der Waals surface area contributed by atoms with Crippen LogP contribution in [0.4, 0.5) is 0 Å². The van der Waals surface area contributed by atoms with Crippen LogP contribution >= 0.6 is 0 Å². The molecule has 0 bridgehead atoms. The lowest BCUT2D eigenvalue weighted by molar-refractivity contribution is -0.121. The minimum absolute atomic E-state index is 0.0840. The number of amides is 1. The Labute approximate surface area is 170 Å². The average Bonchev–Trinajstić information content (AvgIpc) is 2.74. The Kier molecular flexibility index (Phi) is 7.30. The van der Waals surface area contributed by atoms with E-state index in [9.17, 15) is 9.59 Å². The Hall–Kier alpha value is -3.25. The van der Waals surface area contributed by atoms with E-state index < -0.39 is 0 Å². The minimum Gasteiger partial charge on any atom is -0.354 e. The van der Waals surface area contributed by atoms with Crippen LogP contribution in [0.1, 0.15) is 12.0 Å². The zero-order valence-corrected chi connectivity index (χ0v) is 16.6. The number of nitrogens with zero attached hydrogens (tertiary/aromatic N) is 3. The zero-order valence-electron chi connectivity index (χ0n) is 16.6. The highest BCUT2D eigenvalue weighted by Crippen LogP contribution is 2.13. The highest BCUT2D eigenvalue weighted by atomic mass is 16.2. The maximum absolute atomic E-state index is 12.2. The van der Waals surface area contributed by atoms with E-state index in [-0.39, 0.29) is 18.0 Å². The summed E-state index contributed by atoms with van der Waals surface area (Å²) in [5.74, 6) is -0.212. The average molecular weight is 390 g/mol. The Morgan fingerprint density at radius 3 is 2.41 bits per heavy atom.